The van der Waals surface area contributed by atoms with Crippen molar-refractivity contribution in [3.63, 3.8) is 0 Å². The van der Waals surface area contributed by atoms with Gasteiger partial charge in [-0.1, -0.05) is 0 Å². The molecule has 7 nitrogen and oxygen atoms in total. The van der Waals surface area contributed by atoms with Crippen LogP contribution in [0, 0.1) is 18.3 Å². The number of aromatic nitrogens is 1. The molecule has 0 aromatic carbocycles. The summed E-state index contributed by atoms with van der Waals surface area (Å²) in [6.45, 7) is 3.95. The Morgan fingerprint density at radius 1 is 1.45 bits per heavy atom. The number of morpholine rings is 1. The summed E-state index contributed by atoms with van der Waals surface area (Å²) in [4.78, 5) is 26.4. The number of nitrogens with zero attached hydrogens (tertiary/aromatic N) is 3. The average Bonchev–Trinajstić information content (AvgIpc) is 2.52. The second-order valence-corrected chi connectivity index (χ2v) is 5.12. The van der Waals surface area contributed by atoms with Gasteiger partial charge in [0, 0.05) is 31.5 Å². The number of rotatable bonds is 4. The number of ether oxygens (including phenoxy) is 2. The minimum atomic E-state index is -0.448. The molecule has 0 radical (unpaired) electrons. The predicted molar refractivity (Wildman–Crippen MR) is 78.3 cm³/mol. The van der Waals surface area contributed by atoms with Crippen molar-refractivity contribution in [2.45, 2.75) is 20.1 Å². The molecule has 22 heavy (non-hydrogen) atoms. The molecule has 7 heteroatoms. The fraction of sp³-hybridized carbons (Fsp3) is 0.533. The number of carbonyl (C=O) groups excluding carboxylic acids is 1. The number of nitriles is 1. The van der Waals surface area contributed by atoms with Gasteiger partial charge in [-0.2, -0.15) is 5.26 Å². The quantitative estimate of drug-likeness (QED) is 0.784. The Morgan fingerprint density at radius 3 is 2.73 bits per heavy atom. The first kappa shape index (κ1) is 16.2. The zero-order valence-corrected chi connectivity index (χ0v) is 12.8. The summed E-state index contributed by atoms with van der Waals surface area (Å²) >= 11 is 0. The lowest BCUT2D eigenvalue weighted by molar-refractivity contribution is -0.136. The molecule has 118 valence electrons. The lowest BCUT2D eigenvalue weighted by atomic mass is 10.1. The van der Waals surface area contributed by atoms with Crippen LogP contribution >= 0.6 is 0 Å². The van der Waals surface area contributed by atoms with Crippen molar-refractivity contribution in [2.75, 3.05) is 33.4 Å². The van der Waals surface area contributed by atoms with Crippen LogP contribution in [0.25, 0.3) is 0 Å². The van der Waals surface area contributed by atoms with Crippen molar-refractivity contribution in [1.29, 1.82) is 5.26 Å². The van der Waals surface area contributed by atoms with Crippen LogP contribution in [0.1, 0.15) is 16.8 Å². The van der Waals surface area contributed by atoms with Crippen molar-refractivity contribution in [1.82, 2.24) is 9.47 Å². The van der Waals surface area contributed by atoms with Gasteiger partial charge in [0.25, 0.3) is 5.56 Å². The third kappa shape index (κ3) is 3.35. The van der Waals surface area contributed by atoms with Gasteiger partial charge in [0.05, 0.1) is 19.8 Å². The summed E-state index contributed by atoms with van der Waals surface area (Å²) in [6.07, 6.45) is 0. The third-order valence-electron chi connectivity index (χ3n) is 3.66. The number of pyridine rings is 1. The SMILES string of the molecule is COCc1cc(C)n(CC(=O)N2CCOCC2)c(=O)c1C#N. The molecule has 0 spiro atoms. The van der Waals surface area contributed by atoms with Crippen molar-refractivity contribution in [3.05, 3.63) is 33.2 Å². The van der Waals surface area contributed by atoms with E-state index in [0.717, 1.165) is 0 Å². The number of amides is 1. The Morgan fingerprint density at radius 2 is 2.14 bits per heavy atom. The molecule has 1 amide bonds. The largest absolute Gasteiger partial charge is 0.380 e. The van der Waals surface area contributed by atoms with Gasteiger partial charge in [0.15, 0.2) is 0 Å². The molecule has 2 heterocycles. The van der Waals surface area contributed by atoms with Crippen molar-refractivity contribution in [2.24, 2.45) is 0 Å². The van der Waals surface area contributed by atoms with E-state index >= 15 is 0 Å². The minimum Gasteiger partial charge on any atom is -0.380 e. The van der Waals surface area contributed by atoms with E-state index in [1.54, 1.807) is 17.9 Å². The highest BCUT2D eigenvalue weighted by molar-refractivity contribution is 5.76. The fourth-order valence-corrected chi connectivity index (χ4v) is 2.47. The molecule has 0 atom stereocenters. The maximum absolute atomic E-state index is 12.4. The molecule has 1 aromatic rings. The number of methoxy groups -OCH3 is 1. The van der Waals surface area contributed by atoms with Crippen LogP contribution in [0.2, 0.25) is 0 Å². The van der Waals surface area contributed by atoms with E-state index in [9.17, 15) is 14.9 Å². The second-order valence-electron chi connectivity index (χ2n) is 5.12. The fourth-order valence-electron chi connectivity index (χ4n) is 2.47. The topological polar surface area (TPSA) is 84.6 Å². The van der Waals surface area contributed by atoms with E-state index in [1.165, 1.54) is 11.7 Å². The van der Waals surface area contributed by atoms with Gasteiger partial charge < -0.3 is 18.9 Å². The monoisotopic (exact) mass is 305 g/mol. The first-order chi connectivity index (χ1) is 10.6. The Labute approximate surface area is 128 Å². The van der Waals surface area contributed by atoms with Crippen LogP contribution in [0.5, 0.6) is 0 Å². The van der Waals surface area contributed by atoms with Crippen molar-refractivity contribution in [3.8, 4) is 6.07 Å². The van der Waals surface area contributed by atoms with E-state index in [2.05, 4.69) is 0 Å². The molecule has 0 aliphatic carbocycles. The summed E-state index contributed by atoms with van der Waals surface area (Å²) in [6, 6.07) is 3.63. The van der Waals surface area contributed by atoms with E-state index in [4.69, 9.17) is 9.47 Å². The Balaban J connectivity index is 2.29. The summed E-state index contributed by atoms with van der Waals surface area (Å²) < 4.78 is 11.6. The minimum absolute atomic E-state index is 0.0298. The van der Waals surface area contributed by atoms with Gasteiger partial charge in [-0.25, -0.2) is 0 Å². The third-order valence-corrected chi connectivity index (χ3v) is 3.66. The van der Waals surface area contributed by atoms with Crippen LogP contribution < -0.4 is 5.56 Å². The number of hydrogen-bond donors (Lipinski definition) is 0. The summed E-state index contributed by atoms with van der Waals surface area (Å²) in [5.41, 5.74) is 0.763. The number of aryl methyl sites for hydroxylation is 1. The molecule has 0 unspecified atom stereocenters. The highest BCUT2D eigenvalue weighted by atomic mass is 16.5. The number of hydrogen-bond acceptors (Lipinski definition) is 5. The summed E-state index contributed by atoms with van der Waals surface area (Å²) in [5.74, 6) is -0.142. The van der Waals surface area contributed by atoms with E-state index < -0.39 is 5.56 Å². The molecular weight excluding hydrogens is 286 g/mol. The van der Waals surface area contributed by atoms with Crippen molar-refractivity contribution >= 4 is 5.91 Å². The first-order valence-electron chi connectivity index (χ1n) is 7.06. The predicted octanol–water partition coefficient (Wildman–Crippen LogP) is 0.0336. The maximum Gasteiger partial charge on any atom is 0.269 e. The zero-order chi connectivity index (χ0) is 16.1. The molecule has 1 aliphatic rings. The highest BCUT2D eigenvalue weighted by Gasteiger charge is 2.20. The Kier molecular flexibility index (Phi) is 5.31. The lowest BCUT2D eigenvalue weighted by Gasteiger charge is -2.27. The smallest absolute Gasteiger partial charge is 0.269 e. The Hall–Kier alpha value is -2.17. The van der Waals surface area contributed by atoms with E-state index in [-0.39, 0.29) is 24.6 Å². The van der Waals surface area contributed by atoms with E-state index in [1.807, 2.05) is 6.07 Å². The zero-order valence-electron chi connectivity index (χ0n) is 12.8. The molecule has 1 fully saturated rings. The van der Waals surface area contributed by atoms with Gasteiger partial charge >= 0.3 is 0 Å². The van der Waals surface area contributed by atoms with Crippen LogP contribution in [-0.4, -0.2) is 48.8 Å². The summed E-state index contributed by atoms with van der Waals surface area (Å²) in [5, 5.41) is 9.19. The van der Waals surface area contributed by atoms with Gasteiger partial charge in [0.1, 0.15) is 18.2 Å². The lowest BCUT2D eigenvalue weighted by Crippen LogP contribution is -2.44. The maximum atomic E-state index is 12.4. The van der Waals surface area contributed by atoms with Crippen LogP contribution in [0.15, 0.2) is 10.9 Å². The molecule has 1 saturated heterocycles. The molecule has 1 aromatic heterocycles. The summed E-state index contributed by atoms with van der Waals surface area (Å²) in [7, 11) is 1.50. The molecule has 0 saturated carbocycles. The van der Waals surface area contributed by atoms with Crippen molar-refractivity contribution < 1.29 is 14.3 Å². The molecule has 0 bridgehead atoms. The van der Waals surface area contributed by atoms with Crippen LogP contribution in [0.4, 0.5) is 0 Å². The normalized spacial score (nSPS) is 14.7. The Bertz CT molecular complexity index is 654. The molecule has 1 aliphatic heterocycles. The average molecular weight is 305 g/mol. The van der Waals surface area contributed by atoms with Gasteiger partial charge in [-0.3, -0.25) is 9.59 Å². The number of carbonyl (C=O) groups is 1. The first-order valence-corrected chi connectivity index (χ1v) is 7.06. The van der Waals surface area contributed by atoms with Gasteiger partial charge in [-0.05, 0) is 13.0 Å². The molecule has 0 N–H and O–H groups in total. The second kappa shape index (κ2) is 7.20. The van der Waals surface area contributed by atoms with Crippen LogP contribution in [0.3, 0.4) is 0 Å². The van der Waals surface area contributed by atoms with Gasteiger partial charge in [0.2, 0.25) is 5.91 Å². The van der Waals surface area contributed by atoms with Crippen LogP contribution in [-0.2, 0) is 27.4 Å². The highest BCUT2D eigenvalue weighted by Crippen LogP contribution is 2.09. The molecular formula is C15H19N3O4. The standard InChI is InChI=1S/C15H19N3O4/c1-11-7-12(10-21-2)13(8-16)15(20)18(11)9-14(19)17-3-5-22-6-4-17/h7H,3-6,9-10H2,1-2H3. The van der Waals surface area contributed by atoms with E-state index in [0.29, 0.717) is 37.6 Å². The molecule has 2 rings (SSSR count). The van der Waals surface area contributed by atoms with Gasteiger partial charge in [-0.15, -0.1) is 0 Å².